The van der Waals surface area contributed by atoms with E-state index in [2.05, 4.69) is 4.98 Å². The first-order valence-electron chi connectivity index (χ1n) is 10.0. The molecule has 0 amide bonds. The molecule has 30 heavy (non-hydrogen) atoms. The predicted octanol–water partition coefficient (Wildman–Crippen LogP) is 6.22. The average molecular weight is 449 g/mol. The average Bonchev–Trinajstić information content (AvgIpc) is 3.23. The van der Waals surface area contributed by atoms with E-state index < -0.39 is 0 Å². The van der Waals surface area contributed by atoms with Gasteiger partial charge in [-0.05, 0) is 54.7 Å². The third kappa shape index (κ3) is 5.61. The van der Waals surface area contributed by atoms with Gasteiger partial charge in [0, 0.05) is 35.4 Å². The van der Waals surface area contributed by atoms with Gasteiger partial charge in [0.1, 0.15) is 5.82 Å². The first-order valence-corrected chi connectivity index (χ1v) is 10.8. The molecule has 158 valence electrons. The maximum Gasteiger partial charge on any atom is 0.158 e. The van der Waals surface area contributed by atoms with Crippen LogP contribution >= 0.6 is 23.2 Å². The van der Waals surface area contributed by atoms with E-state index in [0.29, 0.717) is 16.5 Å². The molecular formula is C23H23Cl2FN2O2. The lowest BCUT2D eigenvalue weighted by Gasteiger charge is -2.33. The van der Waals surface area contributed by atoms with Gasteiger partial charge in [-0.3, -0.25) is 0 Å². The van der Waals surface area contributed by atoms with Gasteiger partial charge in [0.05, 0.1) is 18.5 Å². The normalized spacial score (nSPS) is 20.2. The number of hydrogen-bond acceptors (Lipinski definition) is 3. The van der Waals surface area contributed by atoms with Gasteiger partial charge in [0.15, 0.2) is 6.29 Å². The molecule has 3 unspecified atom stereocenters. The zero-order valence-corrected chi connectivity index (χ0v) is 17.9. The Bertz CT molecular complexity index is 950. The first-order chi connectivity index (χ1) is 14.6. The Morgan fingerprint density at radius 1 is 1.17 bits per heavy atom. The molecule has 0 saturated carbocycles. The standard InChI is InChI=1S/C23H23Cl2FN2O2/c24-18-7-4-17(21(25)13-18)12-22(16-5-8-19(26)9-6-16)30-23-3-1-2-20(29-23)14-28-11-10-27-15-28/h4-11,13,15,20,22-23H,1-3,12,14H2. The summed E-state index contributed by atoms with van der Waals surface area (Å²) in [6.07, 6.45) is 8.22. The van der Waals surface area contributed by atoms with E-state index in [0.717, 1.165) is 36.9 Å². The summed E-state index contributed by atoms with van der Waals surface area (Å²) in [6, 6.07) is 11.8. The number of hydrogen-bond donors (Lipinski definition) is 0. The SMILES string of the molecule is Fc1ccc(C(Cc2ccc(Cl)cc2Cl)OC2CCCC(Cn3ccnc3)O2)cc1. The third-order valence-electron chi connectivity index (χ3n) is 5.26. The van der Waals surface area contributed by atoms with Crippen molar-refractivity contribution in [2.75, 3.05) is 0 Å². The topological polar surface area (TPSA) is 36.3 Å². The van der Waals surface area contributed by atoms with Gasteiger partial charge < -0.3 is 14.0 Å². The van der Waals surface area contributed by atoms with Gasteiger partial charge in [-0.1, -0.05) is 41.4 Å². The van der Waals surface area contributed by atoms with Crippen LogP contribution in [0, 0.1) is 5.82 Å². The summed E-state index contributed by atoms with van der Waals surface area (Å²) in [5, 5.41) is 1.17. The molecule has 3 atom stereocenters. The minimum atomic E-state index is -0.339. The van der Waals surface area contributed by atoms with Crippen molar-refractivity contribution in [3.8, 4) is 0 Å². The quantitative estimate of drug-likeness (QED) is 0.429. The first kappa shape index (κ1) is 21.3. The van der Waals surface area contributed by atoms with Crippen molar-refractivity contribution >= 4 is 23.2 Å². The summed E-state index contributed by atoms with van der Waals surface area (Å²) in [5.41, 5.74) is 1.80. The van der Waals surface area contributed by atoms with E-state index in [-0.39, 0.29) is 24.3 Å². The Labute approximate surface area is 185 Å². The molecule has 0 spiro atoms. The van der Waals surface area contributed by atoms with Gasteiger partial charge in [-0.25, -0.2) is 9.37 Å². The van der Waals surface area contributed by atoms with Crippen LogP contribution in [-0.2, 0) is 22.4 Å². The van der Waals surface area contributed by atoms with Crippen molar-refractivity contribution in [2.45, 2.75) is 50.7 Å². The van der Waals surface area contributed by atoms with Gasteiger partial charge >= 0.3 is 0 Å². The monoisotopic (exact) mass is 448 g/mol. The Hall–Kier alpha value is -1.92. The summed E-state index contributed by atoms with van der Waals surface area (Å²) >= 11 is 12.4. The third-order valence-corrected chi connectivity index (χ3v) is 5.85. The van der Waals surface area contributed by atoms with E-state index in [1.54, 1.807) is 30.7 Å². The van der Waals surface area contributed by atoms with Crippen LogP contribution in [0.25, 0.3) is 0 Å². The van der Waals surface area contributed by atoms with E-state index in [1.807, 2.05) is 22.9 Å². The number of halogens is 3. The van der Waals surface area contributed by atoms with Crippen molar-refractivity contribution in [3.05, 3.63) is 88.2 Å². The van der Waals surface area contributed by atoms with Gasteiger partial charge in [0.25, 0.3) is 0 Å². The highest BCUT2D eigenvalue weighted by atomic mass is 35.5. The van der Waals surface area contributed by atoms with Crippen LogP contribution in [0.5, 0.6) is 0 Å². The molecule has 1 aromatic heterocycles. The Morgan fingerprint density at radius 2 is 2.00 bits per heavy atom. The number of imidazole rings is 1. The number of nitrogens with zero attached hydrogens (tertiary/aromatic N) is 2. The lowest BCUT2D eigenvalue weighted by Crippen LogP contribution is -2.33. The zero-order valence-electron chi connectivity index (χ0n) is 16.4. The van der Waals surface area contributed by atoms with Crippen LogP contribution in [-0.4, -0.2) is 21.9 Å². The molecule has 3 aromatic rings. The van der Waals surface area contributed by atoms with Crippen LogP contribution in [0.2, 0.25) is 10.0 Å². The summed E-state index contributed by atoms with van der Waals surface area (Å²) in [6.45, 7) is 0.740. The molecule has 1 saturated heterocycles. The van der Waals surface area contributed by atoms with Crippen molar-refractivity contribution in [1.29, 1.82) is 0 Å². The fourth-order valence-electron chi connectivity index (χ4n) is 3.72. The van der Waals surface area contributed by atoms with Crippen LogP contribution in [0.3, 0.4) is 0 Å². The Balaban J connectivity index is 1.49. The minimum Gasteiger partial charge on any atom is -0.348 e. The molecule has 1 aliphatic heterocycles. The smallest absolute Gasteiger partial charge is 0.158 e. The van der Waals surface area contributed by atoms with Crippen molar-refractivity contribution in [1.82, 2.24) is 9.55 Å². The number of rotatable bonds is 7. The lowest BCUT2D eigenvalue weighted by atomic mass is 10.0. The molecule has 0 N–H and O–H groups in total. The molecule has 7 heteroatoms. The predicted molar refractivity (Wildman–Crippen MR) is 115 cm³/mol. The van der Waals surface area contributed by atoms with Crippen LogP contribution < -0.4 is 0 Å². The van der Waals surface area contributed by atoms with Gasteiger partial charge in [-0.2, -0.15) is 0 Å². The van der Waals surface area contributed by atoms with E-state index in [1.165, 1.54) is 12.1 Å². The molecule has 0 radical (unpaired) electrons. The molecule has 0 bridgehead atoms. The molecule has 4 rings (SSSR count). The van der Waals surface area contributed by atoms with E-state index in [9.17, 15) is 4.39 Å². The molecule has 0 aliphatic carbocycles. The maximum atomic E-state index is 13.5. The number of benzene rings is 2. The Morgan fingerprint density at radius 3 is 2.73 bits per heavy atom. The van der Waals surface area contributed by atoms with E-state index >= 15 is 0 Å². The summed E-state index contributed by atoms with van der Waals surface area (Å²) < 4.78 is 28.1. The second-order valence-corrected chi connectivity index (χ2v) is 8.34. The summed E-state index contributed by atoms with van der Waals surface area (Å²) in [4.78, 5) is 4.09. The molecule has 1 fully saturated rings. The molecule has 2 heterocycles. The highest BCUT2D eigenvalue weighted by Gasteiger charge is 2.27. The summed E-state index contributed by atoms with van der Waals surface area (Å²) in [5.74, 6) is -0.281. The molecule has 2 aromatic carbocycles. The molecule has 1 aliphatic rings. The molecular weight excluding hydrogens is 426 g/mol. The largest absolute Gasteiger partial charge is 0.348 e. The van der Waals surface area contributed by atoms with Crippen LogP contribution in [0.4, 0.5) is 4.39 Å². The van der Waals surface area contributed by atoms with Crippen LogP contribution in [0.15, 0.2) is 61.2 Å². The number of aromatic nitrogens is 2. The Kier molecular flexibility index (Phi) is 7.05. The zero-order chi connectivity index (χ0) is 20.9. The second kappa shape index (κ2) is 9.92. The highest BCUT2D eigenvalue weighted by Crippen LogP contribution is 2.32. The van der Waals surface area contributed by atoms with Gasteiger partial charge in [0.2, 0.25) is 0 Å². The fraction of sp³-hybridized carbons (Fsp3) is 0.348. The number of ether oxygens (including phenoxy) is 2. The maximum absolute atomic E-state index is 13.5. The van der Waals surface area contributed by atoms with Crippen molar-refractivity contribution in [2.24, 2.45) is 0 Å². The van der Waals surface area contributed by atoms with Crippen molar-refractivity contribution < 1.29 is 13.9 Å². The van der Waals surface area contributed by atoms with Crippen LogP contribution in [0.1, 0.15) is 36.5 Å². The lowest BCUT2D eigenvalue weighted by molar-refractivity contribution is -0.218. The highest BCUT2D eigenvalue weighted by molar-refractivity contribution is 6.35. The summed E-state index contributed by atoms with van der Waals surface area (Å²) in [7, 11) is 0. The molecule has 4 nitrogen and oxygen atoms in total. The van der Waals surface area contributed by atoms with Gasteiger partial charge in [-0.15, -0.1) is 0 Å². The fourth-order valence-corrected chi connectivity index (χ4v) is 4.21. The second-order valence-electron chi connectivity index (χ2n) is 7.49. The van der Waals surface area contributed by atoms with Crippen molar-refractivity contribution in [3.63, 3.8) is 0 Å². The minimum absolute atomic E-state index is 0.0611. The van der Waals surface area contributed by atoms with E-state index in [4.69, 9.17) is 32.7 Å².